The Kier molecular flexibility index (Phi) is 4.91. The van der Waals surface area contributed by atoms with Gasteiger partial charge in [0.1, 0.15) is 5.60 Å². The molecule has 0 bridgehead atoms. The van der Waals surface area contributed by atoms with Crippen LogP contribution in [0, 0.1) is 0 Å². The van der Waals surface area contributed by atoms with Crippen molar-refractivity contribution >= 4 is 17.4 Å². The molecule has 1 aliphatic heterocycles. The third-order valence-electron chi connectivity index (χ3n) is 2.40. The van der Waals surface area contributed by atoms with Gasteiger partial charge in [-0.15, -0.1) is 0 Å². The third kappa shape index (κ3) is 5.47. The Morgan fingerprint density at radius 1 is 1.41 bits per heavy atom. The number of carbonyl (C=O) groups is 1. The molecule has 0 aromatic rings. The number of nitrogens with one attached hydrogen (secondary N) is 1. The van der Waals surface area contributed by atoms with E-state index in [9.17, 15) is 9.00 Å². The number of carbonyl (C=O) groups excluding carboxylic acids is 1. The summed E-state index contributed by atoms with van der Waals surface area (Å²) < 4.78 is 26.3. The number of amides is 1. The zero-order chi connectivity index (χ0) is 13.1. The van der Waals surface area contributed by atoms with Crippen molar-refractivity contribution in [2.45, 2.75) is 45.3 Å². The fourth-order valence-electron chi connectivity index (χ4n) is 1.63. The van der Waals surface area contributed by atoms with Crippen LogP contribution < -0.4 is 5.32 Å². The summed E-state index contributed by atoms with van der Waals surface area (Å²) in [7, 11) is 0. The number of hydrogen-bond donors (Lipinski definition) is 2. The topological polar surface area (TPSA) is 78.9 Å². The Hall–Kier alpha value is -0.660. The molecule has 0 saturated carbocycles. The lowest BCUT2D eigenvalue weighted by atomic mass is 10.1. The zero-order valence-electron chi connectivity index (χ0n) is 10.4. The van der Waals surface area contributed by atoms with Gasteiger partial charge in [-0.1, -0.05) is 0 Å². The second-order valence-electron chi connectivity index (χ2n) is 5.08. The first-order chi connectivity index (χ1) is 7.78. The SMILES string of the molecule is CC(C)(C)OC(=O)NC1CCN(S(=O)O)CC1. The Bertz CT molecular complexity index is 295. The molecule has 100 valence electrons. The van der Waals surface area contributed by atoms with Gasteiger partial charge >= 0.3 is 6.09 Å². The number of rotatable bonds is 2. The Morgan fingerprint density at radius 3 is 2.35 bits per heavy atom. The number of alkyl carbamates (subject to hydrolysis) is 1. The maximum atomic E-state index is 11.5. The van der Waals surface area contributed by atoms with E-state index in [2.05, 4.69) is 5.32 Å². The van der Waals surface area contributed by atoms with E-state index in [1.807, 2.05) is 20.8 Å². The monoisotopic (exact) mass is 264 g/mol. The minimum atomic E-state index is -1.91. The van der Waals surface area contributed by atoms with Gasteiger partial charge in [0.05, 0.1) is 0 Å². The lowest BCUT2D eigenvalue weighted by molar-refractivity contribution is 0.0489. The second kappa shape index (κ2) is 5.79. The molecule has 1 unspecified atom stereocenters. The van der Waals surface area contributed by atoms with E-state index in [4.69, 9.17) is 9.29 Å². The number of ether oxygens (including phenoxy) is 1. The molecule has 1 atom stereocenters. The molecule has 7 heteroatoms. The van der Waals surface area contributed by atoms with E-state index < -0.39 is 23.0 Å². The summed E-state index contributed by atoms with van der Waals surface area (Å²) in [5, 5.41) is 2.77. The summed E-state index contributed by atoms with van der Waals surface area (Å²) >= 11 is -1.91. The number of piperidine rings is 1. The molecule has 1 fully saturated rings. The van der Waals surface area contributed by atoms with Crippen molar-refractivity contribution in [1.29, 1.82) is 0 Å². The molecule has 0 radical (unpaired) electrons. The molecule has 0 aromatic heterocycles. The largest absolute Gasteiger partial charge is 0.444 e. The van der Waals surface area contributed by atoms with Crippen LogP contribution in [0.2, 0.25) is 0 Å². The third-order valence-corrected chi connectivity index (χ3v) is 3.20. The lowest BCUT2D eigenvalue weighted by Crippen LogP contribution is -2.46. The molecule has 1 saturated heterocycles. The quantitative estimate of drug-likeness (QED) is 0.732. The molecule has 1 rings (SSSR count). The summed E-state index contributed by atoms with van der Waals surface area (Å²) in [6.07, 6.45) is 0.887. The van der Waals surface area contributed by atoms with Crippen LogP contribution in [0.25, 0.3) is 0 Å². The highest BCUT2D eigenvalue weighted by molar-refractivity contribution is 7.76. The molecule has 0 aliphatic carbocycles. The van der Waals surface area contributed by atoms with Gasteiger partial charge in [-0.05, 0) is 33.6 Å². The van der Waals surface area contributed by atoms with E-state index in [0.717, 1.165) is 0 Å². The van der Waals surface area contributed by atoms with Crippen molar-refractivity contribution in [2.75, 3.05) is 13.1 Å². The predicted octanol–water partition coefficient (Wildman–Crippen LogP) is 1.11. The maximum absolute atomic E-state index is 11.5. The average Bonchev–Trinajstić information content (AvgIpc) is 2.15. The van der Waals surface area contributed by atoms with Crippen LogP contribution >= 0.6 is 0 Å². The summed E-state index contributed by atoms with van der Waals surface area (Å²) in [6.45, 7) is 6.44. The van der Waals surface area contributed by atoms with E-state index >= 15 is 0 Å². The molecular formula is C10H20N2O4S. The average molecular weight is 264 g/mol. The van der Waals surface area contributed by atoms with Crippen LogP contribution in [0.15, 0.2) is 0 Å². The minimum Gasteiger partial charge on any atom is -0.444 e. The molecule has 1 heterocycles. The fraction of sp³-hybridized carbons (Fsp3) is 0.900. The molecule has 0 spiro atoms. The Morgan fingerprint density at radius 2 is 1.94 bits per heavy atom. The van der Waals surface area contributed by atoms with Crippen molar-refractivity contribution in [3.63, 3.8) is 0 Å². The van der Waals surface area contributed by atoms with Gasteiger partial charge in [-0.25, -0.2) is 13.3 Å². The Labute approximate surface area is 104 Å². The van der Waals surface area contributed by atoms with E-state index in [1.54, 1.807) is 0 Å². The van der Waals surface area contributed by atoms with E-state index in [1.165, 1.54) is 4.31 Å². The van der Waals surface area contributed by atoms with Gasteiger partial charge in [-0.2, -0.15) is 0 Å². The second-order valence-corrected chi connectivity index (χ2v) is 6.06. The van der Waals surface area contributed by atoms with Crippen LogP contribution in [0.4, 0.5) is 4.79 Å². The van der Waals surface area contributed by atoms with Crippen molar-refractivity contribution < 1.29 is 18.3 Å². The number of hydrogen-bond acceptors (Lipinski definition) is 3. The molecule has 6 nitrogen and oxygen atoms in total. The highest BCUT2D eigenvalue weighted by Gasteiger charge is 2.25. The molecule has 2 N–H and O–H groups in total. The van der Waals surface area contributed by atoms with Crippen LogP contribution in [0.1, 0.15) is 33.6 Å². The lowest BCUT2D eigenvalue weighted by Gasteiger charge is -2.30. The van der Waals surface area contributed by atoms with Crippen molar-refractivity contribution in [3.05, 3.63) is 0 Å². The predicted molar refractivity (Wildman–Crippen MR) is 64.7 cm³/mol. The van der Waals surface area contributed by atoms with Gasteiger partial charge < -0.3 is 10.1 Å². The first-order valence-corrected chi connectivity index (χ1v) is 6.70. The van der Waals surface area contributed by atoms with E-state index in [0.29, 0.717) is 25.9 Å². The normalized spacial score (nSPS) is 20.9. The highest BCUT2D eigenvalue weighted by atomic mass is 32.2. The molecule has 1 amide bonds. The Balaban J connectivity index is 2.31. The van der Waals surface area contributed by atoms with Gasteiger partial charge in [0.2, 0.25) is 11.3 Å². The molecule has 17 heavy (non-hydrogen) atoms. The molecular weight excluding hydrogens is 244 g/mol. The van der Waals surface area contributed by atoms with Crippen LogP contribution in [0.3, 0.4) is 0 Å². The maximum Gasteiger partial charge on any atom is 0.407 e. The summed E-state index contributed by atoms with van der Waals surface area (Å²) in [6, 6.07) is 0.0182. The smallest absolute Gasteiger partial charge is 0.407 e. The minimum absolute atomic E-state index is 0.0182. The van der Waals surface area contributed by atoms with Gasteiger partial charge in [-0.3, -0.25) is 4.55 Å². The standard InChI is InChI=1S/C10H20N2O4S/c1-10(2,3)16-9(13)11-8-4-6-12(7-5-8)17(14)15/h8H,4-7H2,1-3H3,(H,11,13)(H,14,15). The summed E-state index contributed by atoms with van der Waals surface area (Å²) in [5.74, 6) is 0. The highest BCUT2D eigenvalue weighted by Crippen LogP contribution is 2.13. The van der Waals surface area contributed by atoms with Crippen molar-refractivity contribution in [3.8, 4) is 0 Å². The van der Waals surface area contributed by atoms with Crippen LogP contribution in [-0.2, 0) is 16.0 Å². The molecule has 1 aliphatic rings. The van der Waals surface area contributed by atoms with Crippen molar-refractivity contribution in [1.82, 2.24) is 9.62 Å². The van der Waals surface area contributed by atoms with Crippen molar-refractivity contribution in [2.24, 2.45) is 0 Å². The van der Waals surface area contributed by atoms with E-state index in [-0.39, 0.29) is 6.04 Å². The van der Waals surface area contributed by atoms with Gasteiger partial charge in [0, 0.05) is 19.1 Å². The summed E-state index contributed by atoms with van der Waals surface area (Å²) in [5.41, 5.74) is -0.503. The first-order valence-electron chi connectivity index (χ1n) is 5.63. The number of nitrogens with zero attached hydrogens (tertiary/aromatic N) is 1. The first kappa shape index (κ1) is 14.4. The van der Waals surface area contributed by atoms with Crippen LogP contribution in [0.5, 0.6) is 0 Å². The van der Waals surface area contributed by atoms with Gasteiger partial charge in [0.25, 0.3) is 0 Å². The van der Waals surface area contributed by atoms with Gasteiger partial charge in [0.15, 0.2) is 0 Å². The fourth-order valence-corrected chi connectivity index (χ4v) is 2.15. The summed E-state index contributed by atoms with van der Waals surface area (Å²) in [4.78, 5) is 11.5. The zero-order valence-corrected chi connectivity index (χ0v) is 11.2. The van der Waals surface area contributed by atoms with Crippen LogP contribution in [-0.4, -0.2) is 43.9 Å². The molecule has 0 aromatic carbocycles.